The van der Waals surface area contributed by atoms with E-state index >= 15 is 0 Å². The Bertz CT molecular complexity index is 866. The fraction of sp³-hybridized carbons (Fsp3) is 0.538. The fourth-order valence-electron chi connectivity index (χ4n) is 3.11. The highest BCUT2D eigenvalue weighted by Gasteiger charge is 2.15. The highest BCUT2D eigenvalue weighted by atomic mass is 16.6. The number of aliphatic carboxylic acids is 2. The summed E-state index contributed by atoms with van der Waals surface area (Å²) in [6.07, 6.45) is 2.56. The van der Waals surface area contributed by atoms with Crippen LogP contribution in [0.5, 0.6) is 11.5 Å². The van der Waals surface area contributed by atoms with Gasteiger partial charge in [-0.15, -0.1) is 0 Å². The molecular weight excluding hydrogens is 514 g/mol. The second-order valence-electron chi connectivity index (χ2n) is 8.02. The first-order valence-electron chi connectivity index (χ1n) is 12.6. The summed E-state index contributed by atoms with van der Waals surface area (Å²) in [5.41, 5.74) is 1.03. The number of carbonyl (C=O) groups excluding carboxylic acids is 3. The monoisotopic (exact) mass is 555 g/mol. The maximum absolute atomic E-state index is 11.7. The van der Waals surface area contributed by atoms with Gasteiger partial charge in [0.2, 0.25) is 0 Å². The third-order valence-electron chi connectivity index (χ3n) is 5.01. The van der Waals surface area contributed by atoms with Gasteiger partial charge in [-0.25, -0.2) is 14.4 Å². The van der Waals surface area contributed by atoms with E-state index in [4.69, 9.17) is 24.1 Å². The number of carboxylic acid groups (broad SMARTS) is 2. The number of methoxy groups -OCH3 is 2. The van der Waals surface area contributed by atoms with Gasteiger partial charge in [0.15, 0.2) is 11.5 Å². The van der Waals surface area contributed by atoms with Crippen molar-refractivity contribution in [3.8, 4) is 11.5 Å². The minimum atomic E-state index is -1.51. The molecule has 4 N–H and O–H groups in total. The number of alkyl carbamates (subject to hydrolysis) is 2. The first-order chi connectivity index (χ1) is 18.7. The topological polar surface area (TPSA) is 177 Å². The Morgan fingerprint density at radius 1 is 0.897 bits per heavy atom. The lowest BCUT2D eigenvalue weighted by Gasteiger charge is -2.20. The van der Waals surface area contributed by atoms with Gasteiger partial charge in [-0.3, -0.25) is 0 Å². The number of ether oxygens (including phenoxy) is 4. The van der Waals surface area contributed by atoms with Crippen LogP contribution in [0.15, 0.2) is 30.4 Å². The first kappa shape index (κ1) is 35.0. The lowest BCUT2D eigenvalue weighted by Crippen LogP contribution is -3.13. The second-order valence-corrected chi connectivity index (χ2v) is 8.02. The second kappa shape index (κ2) is 22.0. The third-order valence-corrected chi connectivity index (χ3v) is 5.01. The maximum atomic E-state index is 11.7. The first-order valence-corrected chi connectivity index (χ1v) is 12.6. The molecule has 0 saturated heterocycles. The summed E-state index contributed by atoms with van der Waals surface area (Å²) in [6, 6.07) is 5.79. The van der Waals surface area contributed by atoms with E-state index in [2.05, 4.69) is 10.6 Å². The van der Waals surface area contributed by atoms with Crippen LogP contribution in [0, 0.1) is 0 Å². The Morgan fingerprint density at radius 2 is 1.46 bits per heavy atom. The summed E-state index contributed by atoms with van der Waals surface area (Å²) in [4.78, 5) is 43.5. The van der Waals surface area contributed by atoms with Crippen LogP contribution in [0.25, 0.3) is 0 Å². The molecule has 39 heavy (non-hydrogen) atoms. The lowest BCUT2D eigenvalue weighted by molar-refractivity contribution is -0.900. The van der Waals surface area contributed by atoms with Crippen molar-refractivity contribution in [1.82, 2.24) is 10.6 Å². The van der Waals surface area contributed by atoms with E-state index in [1.807, 2.05) is 32.0 Å². The Balaban J connectivity index is 0.00000156. The highest BCUT2D eigenvalue weighted by Crippen LogP contribution is 2.30. The van der Waals surface area contributed by atoms with E-state index in [1.165, 1.54) is 0 Å². The predicted molar refractivity (Wildman–Crippen MR) is 140 cm³/mol. The number of rotatable bonds is 17. The zero-order chi connectivity index (χ0) is 29.5. The van der Waals surface area contributed by atoms with Crippen molar-refractivity contribution in [1.29, 1.82) is 0 Å². The minimum Gasteiger partial charge on any atom is -0.545 e. The summed E-state index contributed by atoms with van der Waals surface area (Å²) >= 11 is 0. The van der Waals surface area contributed by atoms with Crippen molar-refractivity contribution in [2.75, 3.05) is 60.2 Å². The average Bonchev–Trinajstić information content (AvgIpc) is 2.92. The smallest absolute Gasteiger partial charge is 0.407 e. The van der Waals surface area contributed by atoms with Gasteiger partial charge in [0, 0.05) is 31.1 Å². The molecular formula is C26H41N3O10. The van der Waals surface area contributed by atoms with E-state index in [-0.39, 0.29) is 13.2 Å². The Hall–Kier alpha value is -4.00. The molecule has 0 bridgehead atoms. The van der Waals surface area contributed by atoms with Crippen LogP contribution < -0.4 is 30.1 Å². The van der Waals surface area contributed by atoms with E-state index in [9.17, 15) is 24.3 Å². The van der Waals surface area contributed by atoms with Gasteiger partial charge >= 0.3 is 18.2 Å². The summed E-state index contributed by atoms with van der Waals surface area (Å²) in [5.74, 6) is -1.40. The molecule has 13 nitrogen and oxygen atoms in total. The van der Waals surface area contributed by atoms with Crippen LogP contribution in [0.3, 0.4) is 0 Å². The van der Waals surface area contributed by atoms with E-state index < -0.39 is 24.1 Å². The average molecular weight is 556 g/mol. The molecule has 0 saturated carbocycles. The molecule has 0 aliphatic carbocycles. The zero-order valence-electron chi connectivity index (χ0n) is 23.1. The molecule has 13 heteroatoms. The van der Waals surface area contributed by atoms with Crippen LogP contribution in [0.2, 0.25) is 0 Å². The molecule has 0 spiro atoms. The zero-order valence-corrected chi connectivity index (χ0v) is 23.1. The largest absolute Gasteiger partial charge is 0.545 e. The Morgan fingerprint density at radius 3 is 1.87 bits per heavy atom. The molecule has 2 amide bonds. The molecule has 0 aliphatic rings. The maximum Gasteiger partial charge on any atom is 0.407 e. The standard InChI is InChI=1S/C22H37N3O6.C4H4O4/c1-5-11-23-21(26)30-16-14-25(15-17-31-22(27)24-12-6-2)13-10-18-8-7-9-19(28-3)20(18)29-4;5-3(6)1-2-4(7)8/h7-9H,5-6,10-17H2,1-4H3,(H,23,26)(H,24,27);1-2H,(H,5,6)(H,7,8)/b;2-1-. The number of hydrogen-bond donors (Lipinski definition) is 4. The van der Waals surface area contributed by atoms with Gasteiger partial charge < -0.3 is 49.5 Å². The molecule has 1 aromatic carbocycles. The third kappa shape index (κ3) is 18.0. The summed E-state index contributed by atoms with van der Waals surface area (Å²) < 4.78 is 21.4. The van der Waals surface area contributed by atoms with Crippen LogP contribution in [-0.4, -0.2) is 89.4 Å². The van der Waals surface area contributed by atoms with Gasteiger partial charge in [-0.2, -0.15) is 0 Å². The molecule has 0 unspecified atom stereocenters. The number of carboxylic acids is 2. The summed E-state index contributed by atoms with van der Waals surface area (Å²) in [5, 5.41) is 22.6. The van der Waals surface area contributed by atoms with E-state index in [1.54, 1.807) is 14.2 Å². The van der Waals surface area contributed by atoms with Crippen molar-refractivity contribution in [2.45, 2.75) is 33.1 Å². The summed E-state index contributed by atoms with van der Waals surface area (Å²) in [7, 11) is 3.23. The quantitative estimate of drug-likeness (QED) is 0.188. The van der Waals surface area contributed by atoms with E-state index in [0.717, 1.165) is 42.0 Å². The minimum absolute atomic E-state index is 0.280. The van der Waals surface area contributed by atoms with Crippen LogP contribution in [0.4, 0.5) is 9.59 Å². The molecule has 0 aromatic heterocycles. The molecule has 0 aliphatic heterocycles. The van der Waals surface area contributed by atoms with Gasteiger partial charge in [0.1, 0.15) is 26.3 Å². The van der Waals surface area contributed by atoms with Gasteiger partial charge in [-0.1, -0.05) is 26.0 Å². The van der Waals surface area contributed by atoms with Crippen molar-refractivity contribution in [3.63, 3.8) is 0 Å². The number of quaternary nitrogens is 1. The Labute approximate surface area is 229 Å². The number of para-hydroxylation sites is 1. The van der Waals surface area contributed by atoms with Crippen molar-refractivity contribution >= 4 is 24.1 Å². The highest BCUT2D eigenvalue weighted by molar-refractivity contribution is 5.88. The van der Waals surface area contributed by atoms with Crippen LogP contribution in [-0.2, 0) is 25.5 Å². The number of benzene rings is 1. The predicted octanol–water partition coefficient (Wildman–Crippen LogP) is -0.219. The summed E-state index contributed by atoms with van der Waals surface area (Å²) in [6.45, 7) is 7.66. The van der Waals surface area contributed by atoms with Crippen LogP contribution >= 0.6 is 0 Å². The van der Waals surface area contributed by atoms with Crippen LogP contribution in [0.1, 0.15) is 32.3 Å². The molecule has 0 heterocycles. The molecule has 220 valence electrons. The van der Waals surface area contributed by atoms with E-state index in [0.29, 0.717) is 44.1 Å². The molecule has 1 aromatic rings. The molecule has 0 radical (unpaired) electrons. The van der Waals surface area contributed by atoms with Gasteiger partial charge in [-0.05, 0) is 25.0 Å². The fourth-order valence-corrected chi connectivity index (χ4v) is 3.11. The number of amides is 2. The Kier molecular flexibility index (Phi) is 19.8. The number of carbonyl (C=O) groups is 4. The van der Waals surface area contributed by atoms with Crippen molar-refractivity contribution in [3.05, 3.63) is 35.9 Å². The van der Waals surface area contributed by atoms with Crippen molar-refractivity contribution in [2.24, 2.45) is 0 Å². The SMILES string of the molecule is CCCNC(=O)OCC[NH+](CCOC(=O)NCCC)CCc1cccc(OC)c1OC.O=C([O-])/C=C\C(=O)O. The number of nitrogens with one attached hydrogen (secondary N) is 3. The molecule has 1 rings (SSSR count). The normalized spacial score (nSPS) is 10.3. The van der Waals surface area contributed by atoms with Gasteiger partial charge in [0.05, 0.1) is 26.7 Å². The molecule has 0 fully saturated rings. The van der Waals surface area contributed by atoms with Crippen molar-refractivity contribution < 1.29 is 53.2 Å². The molecule has 0 atom stereocenters. The van der Waals surface area contributed by atoms with Gasteiger partial charge in [0.25, 0.3) is 0 Å². The lowest BCUT2D eigenvalue weighted by atomic mass is 10.1. The number of hydrogen-bond acceptors (Lipinski definition) is 9.